The Morgan fingerprint density at radius 1 is 1.65 bits per heavy atom. The molecule has 0 unspecified atom stereocenters. The Morgan fingerprint density at radius 3 is 3.06 bits per heavy atom. The molecule has 1 N–H and O–H groups in total. The number of hydrogen-bond acceptors (Lipinski definition) is 4. The number of rotatable bonds is 5. The summed E-state index contributed by atoms with van der Waals surface area (Å²) >= 11 is 5.96. The van der Waals surface area contributed by atoms with E-state index in [0.717, 1.165) is 24.5 Å². The van der Waals surface area contributed by atoms with E-state index in [4.69, 9.17) is 16.3 Å². The van der Waals surface area contributed by atoms with Crippen LogP contribution in [-0.4, -0.2) is 42.7 Å². The van der Waals surface area contributed by atoms with Gasteiger partial charge in [0, 0.05) is 18.7 Å². The van der Waals surface area contributed by atoms with Gasteiger partial charge in [0.1, 0.15) is 12.4 Å². The van der Waals surface area contributed by atoms with Crippen LogP contribution >= 0.6 is 11.6 Å². The van der Waals surface area contributed by atoms with Crippen LogP contribution in [0.5, 0.6) is 5.75 Å². The predicted molar refractivity (Wildman–Crippen MR) is 69.9 cm³/mol. The van der Waals surface area contributed by atoms with E-state index >= 15 is 0 Å². The van der Waals surface area contributed by atoms with E-state index < -0.39 is 0 Å². The lowest BCUT2D eigenvalue weighted by Gasteiger charge is -2.37. The number of ether oxygens (including phenoxy) is 1. The molecule has 2 heterocycles. The van der Waals surface area contributed by atoms with Crippen molar-refractivity contribution in [3.8, 4) is 5.75 Å². The number of pyridine rings is 1. The van der Waals surface area contributed by atoms with E-state index in [1.807, 2.05) is 13.0 Å². The van der Waals surface area contributed by atoms with Gasteiger partial charge >= 0.3 is 0 Å². The Hall–Kier alpha value is -1.00. The Labute approximate surface area is 107 Å². The van der Waals surface area contributed by atoms with Gasteiger partial charge in [-0.2, -0.15) is 0 Å². The van der Waals surface area contributed by atoms with Crippen LogP contribution in [0.15, 0.2) is 12.3 Å². The summed E-state index contributed by atoms with van der Waals surface area (Å²) in [5, 5.41) is 3.64. The fourth-order valence-corrected chi connectivity index (χ4v) is 1.97. The summed E-state index contributed by atoms with van der Waals surface area (Å²) in [5.74, 6) is 0.769. The minimum Gasteiger partial charge on any atom is -0.490 e. The third kappa shape index (κ3) is 3.01. The van der Waals surface area contributed by atoms with Crippen LogP contribution in [0.1, 0.15) is 13.3 Å². The van der Waals surface area contributed by atoms with E-state index in [9.17, 15) is 0 Å². The monoisotopic (exact) mass is 255 g/mol. The lowest BCUT2D eigenvalue weighted by molar-refractivity contribution is 0.0768. The lowest BCUT2D eigenvalue weighted by atomic mass is 10.1. The molecule has 2 rings (SSSR count). The Balaban J connectivity index is 1.93. The van der Waals surface area contributed by atoms with Crippen LogP contribution in [0, 0.1) is 0 Å². The third-order valence-corrected chi connectivity index (χ3v) is 3.36. The van der Waals surface area contributed by atoms with Crippen molar-refractivity contribution in [2.24, 2.45) is 0 Å². The number of likely N-dealkylation sites (N-methyl/N-ethyl adjacent to an activating group) is 1. The highest BCUT2D eigenvalue weighted by Gasteiger charge is 2.24. The minimum atomic E-state index is 0.486. The van der Waals surface area contributed by atoms with Crippen molar-refractivity contribution in [1.82, 2.24) is 9.88 Å². The standard InChI is InChI=1S/C12H18ClN3O/c1-3-14-11-6-10(7-15-12(11)13)17-8-9-4-5-16(9)2/h6-7,9,14H,3-5,8H2,1-2H3/t9-/m1/s1. The van der Waals surface area contributed by atoms with Crippen LogP contribution in [0.4, 0.5) is 5.69 Å². The Morgan fingerprint density at radius 2 is 2.47 bits per heavy atom. The van der Waals surface area contributed by atoms with Gasteiger partial charge in [-0.1, -0.05) is 11.6 Å². The molecule has 0 saturated carbocycles. The molecule has 1 aliphatic heterocycles. The summed E-state index contributed by atoms with van der Waals surface area (Å²) in [6, 6.07) is 2.44. The van der Waals surface area contributed by atoms with E-state index in [1.165, 1.54) is 6.42 Å². The zero-order chi connectivity index (χ0) is 12.3. The fourth-order valence-electron chi connectivity index (χ4n) is 1.80. The number of anilines is 1. The summed E-state index contributed by atoms with van der Waals surface area (Å²) in [6.45, 7) is 4.71. The maximum absolute atomic E-state index is 5.96. The van der Waals surface area contributed by atoms with Crippen LogP contribution < -0.4 is 10.1 Å². The topological polar surface area (TPSA) is 37.4 Å². The van der Waals surface area contributed by atoms with Gasteiger partial charge in [-0.3, -0.25) is 4.90 Å². The normalized spacial score (nSPS) is 19.8. The molecule has 0 spiro atoms. The average molecular weight is 256 g/mol. The minimum absolute atomic E-state index is 0.486. The summed E-state index contributed by atoms with van der Waals surface area (Å²) in [5.41, 5.74) is 0.827. The number of hydrogen-bond donors (Lipinski definition) is 1. The van der Waals surface area contributed by atoms with Gasteiger partial charge in [-0.05, 0) is 26.9 Å². The molecule has 0 aliphatic carbocycles. The average Bonchev–Trinajstić information content (AvgIpc) is 2.32. The number of nitrogens with one attached hydrogen (secondary N) is 1. The largest absolute Gasteiger partial charge is 0.490 e. The summed E-state index contributed by atoms with van der Waals surface area (Å²) < 4.78 is 5.72. The van der Waals surface area contributed by atoms with Crippen molar-refractivity contribution in [2.75, 3.05) is 32.1 Å². The second kappa shape index (κ2) is 5.56. The quantitative estimate of drug-likeness (QED) is 0.819. The zero-order valence-corrected chi connectivity index (χ0v) is 11.0. The van der Waals surface area contributed by atoms with E-state index in [-0.39, 0.29) is 0 Å². The first kappa shape index (κ1) is 12.5. The first-order chi connectivity index (χ1) is 8.20. The summed E-state index contributed by atoms with van der Waals surface area (Å²) in [6.07, 6.45) is 2.87. The number of nitrogens with zero attached hydrogens (tertiary/aromatic N) is 2. The van der Waals surface area contributed by atoms with Gasteiger partial charge in [-0.25, -0.2) is 4.98 Å². The van der Waals surface area contributed by atoms with Gasteiger partial charge in [-0.15, -0.1) is 0 Å². The highest BCUT2D eigenvalue weighted by molar-refractivity contribution is 6.32. The first-order valence-corrected chi connectivity index (χ1v) is 6.31. The van der Waals surface area contributed by atoms with Gasteiger partial charge in [0.2, 0.25) is 0 Å². The SMILES string of the molecule is CCNc1cc(OC[C@H]2CCN2C)cnc1Cl. The third-order valence-electron chi connectivity index (χ3n) is 3.06. The molecule has 5 heteroatoms. The maximum atomic E-state index is 5.96. The maximum Gasteiger partial charge on any atom is 0.152 e. The van der Waals surface area contributed by atoms with Crippen LogP contribution in [0.3, 0.4) is 0 Å². The van der Waals surface area contributed by atoms with Gasteiger partial charge in [0.05, 0.1) is 11.9 Å². The van der Waals surface area contributed by atoms with Crippen LogP contribution in [0.2, 0.25) is 5.15 Å². The van der Waals surface area contributed by atoms with E-state index in [0.29, 0.717) is 17.8 Å². The van der Waals surface area contributed by atoms with E-state index in [1.54, 1.807) is 6.20 Å². The van der Waals surface area contributed by atoms with Gasteiger partial charge in [0.15, 0.2) is 5.15 Å². The van der Waals surface area contributed by atoms with Crippen molar-refractivity contribution in [3.05, 3.63) is 17.4 Å². The number of halogens is 1. The van der Waals surface area contributed by atoms with Gasteiger partial charge < -0.3 is 10.1 Å². The Bertz CT molecular complexity index is 386. The molecule has 1 aromatic rings. The molecular weight excluding hydrogens is 238 g/mol. The molecule has 94 valence electrons. The van der Waals surface area contributed by atoms with Crippen LogP contribution in [-0.2, 0) is 0 Å². The molecule has 1 aliphatic rings. The predicted octanol–water partition coefficient (Wildman–Crippen LogP) is 2.25. The van der Waals surface area contributed by atoms with Crippen molar-refractivity contribution in [2.45, 2.75) is 19.4 Å². The molecule has 1 aromatic heterocycles. The molecule has 1 saturated heterocycles. The highest BCUT2D eigenvalue weighted by atomic mass is 35.5. The highest BCUT2D eigenvalue weighted by Crippen LogP contribution is 2.24. The van der Waals surface area contributed by atoms with Crippen molar-refractivity contribution in [1.29, 1.82) is 0 Å². The molecule has 0 amide bonds. The molecular formula is C12H18ClN3O. The molecule has 0 aromatic carbocycles. The molecule has 1 fully saturated rings. The second-order valence-electron chi connectivity index (χ2n) is 4.27. The number of aromatic nitrogens is 1. The molecule has 0 radical (unpaired) electrons. The summed E-state index contributed by atoms with van der Waals surface area (Å²) in [7, 11) is 2.11. The fraction of sp³-hybridized carbons (Fsp3) is 0.583. The Kier molecular flexibility index (Phi) is 4.07. The molecule has 4 nitrogen and oxygen atoms in total. The lowest BCUT2D eigenvalue weighted by Crippen LogP contribution is -2.48. The zero-order valence-electron chi connectivity index (χ0n) is 10.2. The second-order valence-corrected chi connectivity index (χ2v) is 4.63. The molecule has 1 atom stereocenters. The summed E-state index contributed by atoms with van der Waals surface area (Å²) in [4.78, 5) is 6.39. The molecule has 17 heavy (non-hydrogen) atoms. The van der Waals surface area contributed by atoms with Crippen molar-refractivity contribution < 1.29 is 4.74 Å². The first-order valence-electron chi connectivity index (χ1n) is 5.93. The van der Waals surface area contributed by atoms with Crippen molar-refractivity contribution in [3.63, 3.8) is 0 Å². The van der Waals surface area contributed by atoms with Gasteiger partial charge in [0.25, 0.3) is 0 Å². The van der Waals surface area contributed by atoms with Crippen LogP contribution in [0.25, 0.3) is 0 Å². The van der Waals surface area contributed by atoms with Crippen molar-refractivity contribution >= 4 is 17.3 Å². The smallest absolute Gasteiger partial charge is 0.152 e. The molecule has 0 bridgehead atoms. The number of likely N-dealkylation sites (tertiary alicyclic amines) is 1. The van der Waals surface area contributed by atoms with E-state index in [2.05, 4.69) is 22.2 Å².